The SMILES string of the molecule is CNC(=O)[C@@H]1C[C@H]2CN(Cc3nccs3)C[C@H]2N1C(C)C. The Kier molecular flexibility index (Phi) is 4.28. The highest BCUT2D eigenvalue weighted by molar-refractivity contribution is 7.09. The van der Waals surface area contributed by atoms with E-state index in [4.69, 9.17) is 0 Å². The maximum atomic E-state index is 12.1. The standard InChI is InChI=1S/C15H24N4OS/c1-10(2)19-12(15(20)16-3)6-11-7-18(8-13(11)19)9-14-17-4-5-21-14/h4-5,10-13H,6-9H2,1-3H3,(H,16,20)/t11-,12-,13+/m0/s1. The van der Waals surface area contributed by atoms with Crippen molar-refractivity contribution in [3.05, 3.63) is 16.6 Å². The number of thiazole rings is 1. The lowest BCUT2D eigenvalue weighted by atomic mass is 10.0. The summed E-state index contributed by atoms with van der Waals surface area (Å²) in [4.78, 5) is 21.4. The number of aromatic nitrogens is 1. The molecule has 3 atom stereocenters. The summed E-state index contributed by atoms with van der Waals surface area (Å²) in [6, 6.07) is 0.960. The number of amides is 1. The molecule has 2 fully saturated rings. The zero-order valence-electron chi connectivity index (χ0n) is 13.0. The predicted octanol–water partition coefficient (Wildman–Crippen LogP) is 1.17. The number of carbonyl (C=O) groups is 1. The van der Waals surface area contributed by atoms with Crippen molar-refractivity contribution in [3.63, 3.8) is 0 Å². The van der Waals surface area contributed by atoms with Gasteiger partial charge >= 0.3 is 0 Å². The summed E-state index contributed by atoms with van der Waals surface area (Å²) >= 11 is 1.72. The van der Waals surface area contributed by atoms with Crippen molar-refractivity contribution in [1.82, 2.24) is 20.1 Å². The van der Waals surface area contributed by atoms with Gasteiger partial charge in [-0.1, -0.05) is 0 Å². The molecular weight excluding hydrogens is 284 g/mol. The van der Waals surface area contributed by atoms with Gasteiger partial charge < -0.3 is 5.32 Å². The number of hydrogen-bond donors (Lipinski definition) is 1. The second-order valence-corrected chi connectivity index (χ2v) is 7.33. The minimum absolute atomic E-state index is 0.0482. The topological polar surface area (TPSA) is 48.5 Å². The minimum Gasteiger partial charge on any atom is -0.358 e. The Labute approximate surface area is 130 Å². The summed E-state index contributed by atoms with van der Waals surface area (Å²) in [5.74, 6) is 0.777. The molecule has 2 aliphatic rings. The van der Waals surface area contributed by atoms with Gasteiger partial charge in [-0.15, -0.1) is 11.3 Å². The van der Waals surface area contributed by atoms with Gasteiger partial charge in [-0.2, -0.15) is 0 Å². The molecule has 5 nitrogen and oxygen atoms in total. The molecule has 2 saturated heterocycles. The fourth-order valence-corrected chi connectivity index (χ4v) is 4.61. The Balaban J connectivity index is 1.69. The van der Waals surface area contributed by atoms with Crippen LogP contribution < -0.4 is 5.32 Å². The van der Waals surface area contributed by atoms with E-state index in [9.17, 15) is 4.79 Å². The van der Waals surface area contributed by atoms with Gasteiger partial charge in [-0.05, 0) is 26.2 Å². The van der Waals surface area contributed by atoms with Crippen molar-refractivity contribution in [2.75, 3.05) is 20.1 Å². The van der Waals surface area contributed by atoms with Crippen molar-refractivity contribution >= 4 is 17.2 Å². The van der Waals surface area contributed by atoms with Crippen molar-refractivity contribution in [2.24, 2.45) is 5.92 Å². The Morgan fingerprint density at radius 1 is 1.52 bits per heavy atom. The minimum atomic E-state index is 0.0482. The fraction of sp³-hybridized carbons (Fsp3) is 0.733. The molecule has 0 spiro atoms. The highest BCUT2D eigenvalue weighted by Gasteiger charge is 2.49. The first-order valence-corrected chi connectivity index (χ1v) is 8.58. The number of carbonyl (C=O) groups excluding carboxylic acids is 1. The molecule has 1 N–H and O–H groups in total. The number of likely N-dealkylation sites (N-methyl/N-ethyl adjacent to an activating group) is 1. The van der Waals surface area contributed by atoms with E-state index >= 15 is 0 Å². The van der Waals surface area contributed by atoms with Crippen LogP contribution in [0.1, 0.15) is 25.3 Å². The van der Waals surface area contributed by atoms with Crippen LogP contribution in [0.4, 0.5) is 0 Å². The first-order valence-electron chi connectivity index (χ1n) is 7.70. The monoisotopic (exact) mass is 308 g/mol. The number of hydrogen-bond acceptors (Lipinski definition) is 5. The number of nitrogens with zero attached hydrogens (tertiary/aromatic N) is 3. The fourth-order valence-electron chi connectivity index (χ4n) is 3.95. The van der Waals surface area contributed by atoms with Crippen molar-refractivity contribution in [3.8, 4) is 0 Å². The number of fused-ring (bicyclic) bond motifs is 1. The molecular formula is C15H24N4OS. The van der Waals surface area contributed by atoms with E-state index in [0.29, 0.717) is 18.0 Å². The van der Waals surface area contributed by atoms with Gasteiger partial charge in [0.1, 0.15) is 5.01 Å². The number of nitrogens with one attached hydrogen (secondary N) is 1. The molecule has 0 unspecified atom stereocenters. The Bertz CT molecular complexity index is 490. The average Bonchev–Trinajstić information content (AvgIpc) is 3.12. The van der Waals surface area contributed by atoms with Crippen LogP contribution >= 0.6 is 11.3 Å². The normalized spacial score (nSPS) is 30.0. The van der Waals surface area contributed by atoms with E-state index in [1.165, 1.54) is 5.01 Å². The van der Waals surface area contributed by atoms with Crippen LogP contribution in [0, 0.1) is 5.92 Å². The summed E-state index contributed by atoms with van der Waals surface area (Å²) in [5.41, 5.74) is 0. The van der Waals surface area contributed by atoms with Crippen molar-refractivity contribution in [1.29, 1.82) is 0 Å². The van der Waals surface area contributed by atoms with Gasteiger partial charge in [-0.25, -0.2) is 4.98 Å². The molecule has 3 rings (SSSR count). The van der Waals surface area contributed by atoms with E-state index in [1.54, 1.807) is 18.4 Å². The Hall–Kier alpha value is -0.980. The van der Waals surface area contributed by atoms with E-state index in [0.717, 1.165) is 26.1 Å². The van der Waals surface area contributed by atoms with Crippen LogP contribution in [-0.4, -0.2) is 59.0 Å². The molecule has 0 bridgehead atoms. The number of likely N-dealkylation sites (tertiary alicyclic amines) is 2. The van der Waals surface area contributed by atoms with E-state index in [-0.39, 0.29) is 11.9 Å². The molecule has 21 heavy (non-hydrogen) atoms. The van der Waals surface area contributed by atoms with Gasteiger partial charge in [0.05, 0.1) is 12.6 Å². The van der Waals surface area contributed by atoms with E-state index in [1.807, 2.05) is 11.6 Å². The number of rotatable bonds is 4. The van der Waals surface area contributed by atoms with Crippen molar-refractivity contribution < 1.29 is 4.79 Å². The molecule has 0 aliphatic carbocycles. The average molecular weight is 308 g/mol. The largest absolute Gasteiger partial charge is 0.358 e. The van der Waals surface area contributed by atoms with Crippen LogP contribution in [0.15, 0.2) is 11.6 Å². The lowest BCUT2D eigenvalue weighted by Crippen LogP contribution is -2.50. The maximum absolute atomic E-state index is 12.1. The van der Waals surface area contributed by atoms with Crippen LogP contribution in [-0.2, 0) is 11.3 Å². The third kappa shape index (κ3) is 2.84. The molecule has 1 amide bonds. The molecule has 1 aromatic heterocycles. The second-order valence-electron chi connectivity index (χ2n) is 6.35. The quantitative estimate of drug-likeness (QED) is 0.907. The molecule has 2 aliphatic heterocycles. The lowest BCUT2D eigenvalue weighted by molar-refractivity contribution is -0.126. The molecule has 6 heteroatoms. The summed E-state index contributed by atoms with van der Waals surface area (Å²) in [7, 11) is 1.74. The van der Waals surface area contributed by atoms with Gasteiger partial charge in [0.15, 0.2) is 0 Å². The summed E-state index contributed by atoms with van der Waals surface area (Å²) in [6.45, 7) is 7.47. The molecule has 0 radical (unpaired) electrons. The summed E-state index contributed by atoms with van der Waals surface area (Å²) in [6.07, 6.45) is 2.86. The Morgan fingerprint density at radius 3 is 2.95 bits per heavy atom. The summed E-state index contributed by atoms with van der Waals surface area (Å²) in [5, 5.41) is 6.05. The van der Waals surface area contributed by atoms with E-state index < -0.39 is 0 Å². The zero-order chi connectivity index (χ0) is 15.0. The predicted molar refractivity (Wildman–Crippen MR) is 84.1 cm³/mol. The summed E-state index contributed by atoms with van der Waals surface area (Å²) < 4.78 is 0. The van der Waals surface area contributed by atoms with Crippen LogP contribution in [0.5, 0.6) is 0 Å². The smallest absolute Gasteiger partial charge is 0.237 e. The Morgan fingerprint density at radius 2 is 2.33 bits per heavy atom. The van der Waals surface area contributed by atoms with Gasteiger partial charge in [-0.3, -0.25) is 14.6 Å². The highest BCUT2D eigenvalue weighted by Crippen LogP contribution is 2.37. The zero-order valence-corrected chi connectivity index (χ0v) is 13.8. The van der Waals surface area contributed by atoms with Gasteiger partial charge in [0.25, 0.3) is 0 Å². The van der Waals surface area contributed by atoms with E-state index in [2.05, 4.69) is 33.9 Å². The first kappa shape index (κ1) is 14.9. The first-order chi connectivity index (χ1) is 10.1. The molecule has 1 aromatic rings. The third-order valence-electron chi connectivity index (χ3n) is 4.74. The second kappa shape index (κ2) is 6.02. The maximum Gasteiger partial charge on any atom is 0.237 e. The molecule has 116 valence electrons. The molecule has 0 aromatic carbocycles. The van der Waals surface area contributed by atoms with Gasteiger partial charge in [0, 0.05) is 43.8 Å². The highest BCUT2D eigenvalue weighted by atomic mass is 32.1. The third-order valence-corrected chi connectivity index (χ3v) is 5.50. The van der Waals surface area contributed by atoms with Crippen LogP contribution in [0.25, 0.3) is 0 Å². The molecule has 3 heterocycles. The van der Waals surface area contributed by atoms with Crippen LogP contribution in [0.2, 0.25) is 0 Å². The lowest BCUT2D eigenvalue weighted by Gasteiger charge is -2.33. The van der Waals surface area contributed by atoms with Gasteiger partial charge in [0.2, 0.25) is 5.91 Å². The van der Waals surface area contributed by atoms with Crippen LogP contribution in [0.3, 0.4) is 0 Å². The van der Waals surface area contributed by atoms with Crippen molar-refractivity contribution in [2.45, 2.75) is 44.9 Å². The molecule has 0 saturated carbocycles.